The Morgan fingerprint density at radius 3 is 2.85 bits per heavy atom. The van der Waals surface area contributed by atoms with Crippen LogP contribution in [0.4, 0.5) is 16.3 Å². The first kappa shape index (κ1) is 16.3. The average Bonchev–Trinajstić information content (AvgIpc) is 3.26. The molecule has 0 aliphatic carbocycles. The van der Waals surface area contributed by atoms with Crippen LogP contribution in [0.1, 0.15) is 17.2 Å². The third kappa shape index (κ3) is 3.16. The smallest absolute Gasteiger partial charge is 0.327 e. The summed E-state index contributed by atoms with van der Waals surface area (Å²) >= 11 is 0. The molecule has 3 aromatic rings. The van der Waals surface area contributed by atoms with Gasteiger partial charge in [0, 0.05) is 36.6 Å². The Bertz CT molecular complexity index is 909. The Labute approximate surface area is 150 Å². The van der Waals surface area contributed by atoms with Crippen molar-refractivity contribution in [2.45, 2.75) is 12.5 Å². The molecule has 0 saturated heterocycles. The van der Waals surface area contributed by atoms with Crippen LogP contribution in [0.5, 0.6) is 0 Å². The van der Waals surface area contributed by atoms with E-state index in [1.807, 2.05) is 42.5 Å². The number of aliphatic hydroxyl groups is 1. The van der Waals surface area contributed by atoms with E-state index < -0.39 is 0 Å². The second-order valence-electron chi connectivity index (χ2n) is 6.20. The zero-order chi connectivity index (χ0) is 17.9. The molecule has 3 heterocycles. The molecule has 1 unspecified atom stereocenters. The Balaban J connectivity index is 1.46. The maximum Gasteiger partial charge on any atom is 0.327 e. The second kappa shape index (κ2) is 6.97. The van der Waals surface area contributed by atoms with Crippen molar-refractivity contribution >= 4 is 17.5 Å². The number of nitrogens with zero attached hydrogens (tertiary/aromatic N) is 4. The summed E-state index contributed by atoms with van der Waals surface area (Å²) in [6.07, 6.45) is 3.54. The van der Waals surface area contributed by atoms with Gasteiger partial charge in [-0.25, -0.2) is 4.79 Å². The van der Waals surface area contributed by atoms with Crippen LogP contribution in [0, 0.1) is 0 Å². The number of pyridine rings is 1. The van der Waals surface area contributed by atoms with Crippen molar-refractivity contribution in [1.29, 1.82) is 0 Å². The lowest BCUT2D eigenvalue weighted by Crippen LogP contribution is -2.34. The number of benzene rings is 1. The molecule has 2 amide bonds. The molecule has 1 aliphatic heterocycles. The van der Waals surface area contributed by atoms with Crippen molar-refractivity contribution in [3.8, 4) is 0 Å². The van der Waals surface area contributed by atoms with E-state index in [0.29, 0.717) is 18.9 Å². The molecule has 0 bridgehead atoms. The lowest BCUT2D eigenvalue weighted by atomic mass is 10.0. The first-order valence-corrected chi connectivity index (χ1v) is 8.46. The van der Waals surface area contributed by atoms with Gasteiger partial charge < -0.3 is 5.11 Å². The molecule has 0 saturated carbocycles. The number of amides is 2. The van der Waals surface area contributed by atoms with Crippen LogP contribution in [0.3, 0.4) is 0 Å². The van der Waals surface area contributed by atoms with E-state index in [1.54, 1.807) is 28.0 Å². The Morgan fingerprint density at radius 2 is 2.04 bits per heavy atom. The summed E-state index contributed by atoms with van der Waals surface area (Å²) in [6, 6.07) is 14.9. The highest BCUT2D eigenvalue weighted by Gasteiger charge is 2.31. The van der Waals surface area contributed by atoms with Gasteiger partial charge in [0.1, 0.15) is 0 Å². The fourth-order valence-corrected chi connectivity index (χ4v) is 3.20. The Kier molecular flexibility index (Phi) is 4.37. The monoisotopic (exact) mass is 349 g/mol. The normalized spacial score (nSPS) is 15.7. The van der Waals surface area contributed by atoms with E-state index in [2.05, 4.69) is 15.4 Å². The van der Waals surface area contributed by atoms with Gasteiger partial charge in [-0.3, -0.25) is 19.9 Å². The zero-order valence-electron chi connectivity index (χ0n) is 14.1. The van der Waals surface area contributed by atoms with Gasteiger partial charge in [-0.15, -0.1) is 0 Å². The third-order valence-corrected chi connectivity index (χ3v) is 4.46. The van der Waals surface area contributed by atoms with Gasteiger partial charge in [0.15, 0.2) is 5.82 Å². The molecule has 0 fully saturated rings. The molecule has 4 rings (SSSR count). The highest BCUT2D eigenvalue weighted by molar-refractivity contribution is 6.02. The molecule has 132 valence electrons. The van der Waals surface area contributed by atoms with Crippen LogP contribution < -0.4 is 10.2 Å². The number of aromatic nitrogens is 3. The average molecular weight is 349 g/mol. The van der Waals surface area contributed by atoms with Gasteiger partial charge in [0.25, 0.3) is 0 Å². The van der Waals surface area contributed by atoms with Crippen molar-refractivity contribution in [3.05, 3.63) is 72.2 Å². The van der Waals surface area contributed by atoms with E-state index in [4.69, 9.17) is 0 Å². The molecule has 26 heavy (non-hydrogen) atoms. The maximum absolute atomic E-state index is 12.7. The minimum absolute atomic E-state index is 0.0134. The fraction of sp³-hybridized carbons (Fsp3) is 0.211. The molecule has 7 nitrogen and oxygen atoms in total. The van der Waals surface area contributed by atoms with Crippen LogP contribution in [0.15, 0.2) is 60.9 Å². The summed E-state index contributed by atoms with van der Waals surface area (Å²) < 4.78 is 1.73. The van der Waals surface area contributed by atoms with Gasteiger partial charge in [0.05, 0.1) is 18.8 Å². The number of carbonyl (C=O) groups excluding carboxylic acids is 1. The fourth-order valence-electron chi connectivity index (χ4n) is 3.20. The molecule has 0 radical (unpaired) electrons. The maximum atomic E-state index is 12.7. The van der Waals surface area contributed by atoms with Gasteiger partial charge in [-0.1, -0.05) is 24.3 Å². The van der Waals surface area contributed by atoms with E-state index in [9.17, 15) is 9.90 Å². The summed E-state index contributed by atoms with van der Waals surface area (Å²) in [6.45, 7) is 1.01. The molecule has 1 atom stereocenters. The number of anilines is 2. The molecular weight excluding hydrogens is 330 g/mol. The SMILES string of the molecule is O=C(Nc1ccn(Cc2ccccn2)n1)N1CC(CO)c2ccccc21. The number of para-hydroxylation sites is 1. The van der Waals surface area contributed by atoms with Crippen LogP contribution in [0.2, 0.25) is 0 Å². The molecule has 1 aromatic carbocycles. The van der Waals surface area contributed by atoms with Crippen molar-refractivity contribution in [1.82, 2.24) is 14.8 Å². The van der Waals surface area contributed by atoms with E-state index >= 15 is 0 Å². The quantitative estimate of drug-likeness (QED) is 0.758. The van der Waals surface area contributed by atoms with E-state index in [0.717, 1.165) is 16.9 Å². The highest BCUT2D eigenvalue weighted by Crippen LogP contribution is 2.35. The topological polar surface area (TPSA) is 83.3 Å². The number of fused-ring (bicyclic) bond motifs is 1. The first-order valence-electron chi connectivity index (χ1n) is 8.46. The molecule has 2 N–H and O–H groups in total. The van der Waals surface area contributed by atoms with E-state index in [-0.39, 0.29) is 18.6 Å². The predicted octanol–water partition coefficient (Wildman–Crippen LogP) is 2.45. The Hall–Kier alpha value is -3.19. The van der Waals surface area contributed by atoms with Crippen molar-refractivity contribution < 1.29 is 9.90 Å². The minimum atomic E-state index is -0.253. The van der Waals surface area contributed by atoms with Crippen LogP contribution in [0.25, 0.3) is 0 Å². The van der Waals surface area contributed by atoms with Gasteiger partial charge in [-0.05, 0) is 23.8 Å². The standard InChI is InChI=1S/C19H19N5O2/c25-13-14-11-24(17-7-2-1-6-16(14)17)19(26)21-18-8-10-23(22-18)12-15-5-3-4-9-20-15/h1-10,14,25H,11-13H2,(H,21,22,26). The number of hydrogen-bond donors (Lipinski definition) is 2. The van der Waals surface area contributed by atoms with Crippen LogP contribution in [-0.4, -0.2) is 39.1 Å². The summed E-state index contributed by atoms with van der Waals surface area (Å²) in [7, 11) is 0. The molecule has 7 heteroatoms. The summed E-state index contributed by atoms with van der Waals surface area (Å²) in [5, 5.41) is 16.8. The molecular formula is C19H19N5O2. The summed E-state index contributed by atoms with van der Waals surface area (Å²) in [4.78, 5) is 18.6. The Morgan fingerprint density at radius 1 is 1.19 bits per heavy atom. The largest absolute Gasteiger partial charge is 0.396 e. The number of nitrogens with one attached hydrogen (secondary N) is 1. The van der Waals surface area contributed by atoms with Gasteiger partial charge >= 0.3 is 6.03 Å². The third-order valence-electron chi connectivity index (χ3n) is 4.46. The predicted molar refractivity (Wildman–Crippen MR) is 98.2 cm³/mol. The van der Waals surface area contributed by atoms with Gasteiger partial charge in [0.2, 0.25) is 0 Å². The van der Waals surface area contributed by atoms with Crippen molar-refractivity contribution in [3.63, 3.8) is 0 Å². The van der Waals surface area contributed by atoms with Gasteiger partial charge in [-0.2, -0.15) is 5.10 Å². The summed E-state index contributed by atoms with van der Waals surface area (Å²) in [5.74, 6) is 0.425. The molecule has 1 aliphatic rings. The lowest BCUT2D eigenvalue weighted by molar-refractivity contribution is 0.253. The minimum Gasteiger partial charge on any atom is -0.396 e. The number of rotatable bonds is 4. The van der Waals surface area contributed by atoms with Crippen LogP contribution in [-0.2, 0) is 6.54 Å². The number of carbonyl (C=O) groups is 1. The van der Waals surface area contributed by atoms with Crippen molar-refractivity contribution in [2.24, 2.45) is 0 Å². The van der Waals surface area contributed by atoms with E-state index in [1.165, 1.54) is 0 Å². The zero-order valence-corrected chi connectivity index (χ0v) is 14.1. The molecule has 2 aromatic heterocycles. The van der Waals surface area contributed by atoms with Crippen LogP contribution >= 0.6 is 0 Å². The highest BCUT2D eigenvalue weighted by atomic mass is 16.3. The first-order chi connectivity index (χ1) is 12.7. The lowest BCUT2D eigenvalue weighted by Gasteiger charge is -2.17. The number of hydrogen-bond acceptors (Lipinski definition) is 4. The second-order valence-corrected chi connectivity index (χ2v) is 6.20. The number of urea groups is 1. The van der Waals surface area contributed by atoms with Crippen molar-refractivity contribution in [2.75, 3.05) is 23.4 Å². The molecule has 0 spiro atoms. The number of aliphatic hydroxyl groups excluding tert-OH is 1. The summed E-state index contributed by atoms with van der Waals surface area (Å²) in [5.41, 5.74) is 2.72.